The van der Waals surface area contributed by atoms with Crippen LogP contribution in [-0.2, 0) is 30.0 Å². The Balaban J connectivity index is 1.26. The highest BCUT2D eigenvalue weighted by Gasteiger charge is 2.54. The molecule has 0 amide bonds. The van der Waals surface area contributed by atoms with E-state index in [0.29, 0.717) is 0 Å². The molecule has 5 aromatic rings. The number of fused-ring (bicyclic) bond motifs is 2. The highest BCUT2D eigenvalue weighted by Crippen LogP contribution is 2.48. The monoisotopic (exact) mass is 692 g/mol. The lowest BCUT2D eigenvalue weighted by atomic mass is 9.96. The predicted molar refractivity (Wildman–Crippen MR) is 179 cm³/mol. The van der Waals surface area contributed by atoms with Crippen molar-refractivity contribution in [3.8, 4) is 5.75 Å². The van der Waals surface area contributed by atoms with Crippen LogP contribution in [-0.4, -0.2) is 66.2 Å². The Morgan fingerprint density at radius 1 is 1.14 bits per heavy atom. The van der Waals surface area contributed by atoms with Crippen LogP contribution < -0.4 is 20.9 Å². The summed E-state index contributed by atoms with van der Waals surface area (Å²) < 4.78 is 39.3. The van der Waals surface area contributed by atoms with Crippen molar-refractivity contribution in [1.29, 1.82) is 0 Å². The summed E-state index contributed by atoms with van der Waals surface area (Å²) in [6.07, 6.45) is -2.93. The van der Waals surface area contributed by atoms with E-state index in [1.165, 1.54) is 17.8 Å². The average Bonchev–Trinajstić information content (AvgIpc) is 3.59. The molecular formula is C33H37N6O9P. The molecule has 3 heterocycles. The quantitative estimate of drug-likeness (QED) is 0.0938. The fourth-order valence-corrected chi connectivity index (χ4v) is 7.24. The normalized spacial score (nSPS) is 22.7. The maximum atomic E-state index is 14.6. The Labute approximate surface area is 280 Å². The first kappa shape index (κ1) is 34.2. The number of rotatable bonds is 12. The second-order valence-electron chi connectivity index (χ2n) is 12.3. The number of nitrogen functional groups attached to an aromatic ring is 1. The fourth-order valence-electron chi connectivity index (χ4n) is 5.58. The summed E-state index contributed by atoms with van der Waals surface area (Å²) >= 11 is 0. The third-order valence-electron chi connectivity index (χ3n) is 8.25. The van der Waals surface area contributed by atoms with Gasteiger partial charge in [-0.25, -0.2) is 9.55 Å². The molecule has 0 bridgehead atoms. The summed E-state index contributed by atoms with van der Waals surface area (Å²) in [7, 11) is -4.45. The summed E-state index contributed by atoms with van der Waals surface area (Å²) in [5.74, 6) is -1.10. The van der Waals surface area contributed by atoms with Crippen LogP contribution in [0.5, 0.6) is 5.75 Å². The Bertz CT molecular complexity index is 2070. The number of aromatic nitrogens is 4. The first-order chi connectivity index (χ1) is 23.3. The molecule has 6 rings (SSSR count). The zero-order valence-corrected chi connectivity index (χ0v) is 27.8. The number of H-pyrrole nitrogens is 1. The third kappa shape index (κ3) is 7.22. The van der Waals surface area contributed by atoms with Gasteiger partial charge in [-0.1, -0.05) is 74.5 Å². The number of carbonyl (C=O) groups excluding carboxylic acids is 1. The lowest BCUT2D eigenvalue weighted by molar-refractivity contribution is -0.148. The number of aromatic amines is 1. The third-order valence-corrected chi connectivity index (χ3v) is 9.79. The van der Waals surface area contributed by atoms with Crippen molar-refractivity contribution in [3.05, 3.63) is 95.0 Å². The number of ether oxygens (including phenoxy) is 2. The molecule has 1 fully saturated rings. The molecule has 0 saturated carbocycles. The van der Waals surface area contributed by atoms with Crippen LogP contribution in [0.2, 0.25) is 0 Å². The molecule has 0 aliphatic carbocycles. The lowest BCUT2D eigenvalue weighted by Gasteiger charge is -2.28. The molecule has 49 heavy (non-hydrogen) atoms. The Kier molecular flexibility index (Phi) is 9.58. The molecule has 3 aromatic carbocycles. The number of hydrogen-bond acceptors (Lipinski definition) is 12. The summed E-state index contributed by atoms with van der Waals surface area (Å²) in [4.78, 5) is 36.2. The number of benzene rings is 3. The standard InChI is InChI=1S/C33H37N6O9P/c1-19(2)25(30(42)45-16-20-9-5-4-6-10-20)38-49(44,48-23-14-13-21-11-7-8-12-22(21)15-23)46-17-24-27(40)33(3,43)31(47-24)39-18-35-26-28(39)36-32(34)37-29(26)41/h4-15,18-19,24-25,27,31,40,43H,16-17H2,1-3H3,(H,38,44)(H3,34,36,37,41)/t24-,25+,27-,31-,33-,49?/m1/s1. The summed E-state index contributed by atoms with van der Waals surface area (Å²) in [6.45, 7) is 4.25. The van der Waals surface area contributed by atoms with Gasteiger partial charge in [0.2, 0.25) is 5.95 Å². The fraction of sp³-hybridized carbons (Fsp3) is 0.333. The number of esters is 1. The highest BCUT2D eigenvalue weighted by atomic mass is 31.2. The van der Waals surface area contributed by atoms with Crippen molar-refractivity contribution < 1.29 is 38.1 Å². The molecule has 6 N–H and O–H groups in total. The van der Waals surface area contributed by atoms with Gasteiger partial charge in [-0.15, -0.1) is 0 Å². The molecule has 16 heteroatoms. The van der Waals surface area contributed by atoms with Crippen LogP contribution in [0.1, 0.15) is 32.6 Å². The van der Waals surface area contributed by atoms with Gasteiger partial charge in [0.05, 0.1) is 12.9 Å². The van der Waals surface area contributed by atoms with Gasteiger partial charge >= 0.3 is 13.7 Å². The topological polar surface area (TPSA) is 213 Å². The van der Waals surface area contributed by atoms with Crippen LogP contribution >= 0.6 is 7.75 Å². The number of nitrogens with one attached hydrogen (secondary N) is 2. The SMILES string of the molecule is CC(C)[C@H](NP(=O)(OC[C@H]1O[C@@H](n2cnc3c(=O)[nH]c(N)nc32)[C@](C)(O)[C@@H]1O)Oc1ccc2ccccc2c1)C(=O)OCc1ccccc1. The predicted octanol–water partition coefficient (Wildman–Crippen LogP) is 3.43. The van der Waals surface area contributed by atoms with E-state index in [2.05, 4.69) is 20.0 Å². The summed E-state index contributed by atoms with van der Waals surface area (Å²) in [6, 6.07) is 20.6. The summed E-state index contributed by atoms with van der Waals surface area (Å²) in [5, 5.41) is 27.0. The number of hydrogen-bond donors (Lipinski definition) is 5. The molecule has 0 radical (unpaired) electrons. The number of aliphatic hydroxyl groups excluding tert-OH is 1. The van der Waals surface area contributed by atoms with Gasteiger partial charge in [-0.05, 0) is 41.3 Å². The lowest BCUT2D eigenvalue weighted by Crippen LogP contribution is -2.45. The molecule has 0 spiro atoms. The summed E-state index contributed by atoms with van der Waals surface area (Å²) in [5.41, 5.74) is 3.90. The van der Waals surface area contributed by atoms with E-state index >= 15 is 0 Å². The van der Waals surface area contributed by atoms with Crippen LogP contribution in [0.3, 0.4) is 0 Å². The van der Waals surface area contributed by atoms with Gasteiger partial charge in [0, 0.05) is 0 Å². The van der Waals surface area contributed by atoms with Gasteiger partial charge in [0.1, 0.15) is 36.2 Å². The van der Waals surface area contributed by atoms with Crippen LogP contribution in [0.4, 0.5) is 5.95 Å². The minimum Gasteiger partial charge on any atom is -0.460 e. The second kappa shape index (κ2) is 13.7. The first-order valence-corrected chi connectivity index (χ1v) is 17.1. The van der Waals surface area contributed by atoms with E-state index in [1.807, 2.05) is 54.6 Å². The zero-order valence-electron chi connectivity index (χ0n) is 26.9. The molecule has 1 aliphatic heterocycles. The molecular weight excluding hydrogens is 655 g/mol. The molecule has 1 unspecified atom stereocenters. The molecule has 1 aliphatic rings. The largest absolute Gasteiger partial charge is 0.460 e. The van der Waals surface area contributed by atoms with E-state index in [-0.39, 0.29) is 29.5 Å². The first-order valence-electron chi connectivity index (χ1n) is 15.5. The Morgan fingerprint density at radius 3 is 2.59 bits per heavy atom. The van der Waals surface area contributed by atoms with E-state index in [9.17, 15) is 24.4 Å². The number of carbonyl (C=O) groups is 1. The van der Waals surface area contributed by atoms with Crippen LogP contribution in [0.25, 0.3) is 21.9 Å². The maximum Gasteiger partial charge on any atom is 0.459 e. The Hall–Kier alpha value is -4.63. The minimum absolute atomic E-state index is 0.00481. The molecule has 1 saturated heterocycles. The van der Waals surface area contributed by atoms with Gasteiger partial charge < -0.3 is 29.9 Å². The molecule has 258 valence electrons. The van der Waals surface area contributed by atoms with Crippen LogP contribution in [0.15, 0.2) is 83.9 Å². The molecule has 2 aromatic heterocycles. The van der Waals surface area contributed by atoms with E-state index in [4.69, 9.17) is 24.3 Å². The van der Waals surface area contributed by atoms with Gasteiger partial charge in [-0.2, -0.15) is 10.1 Å². The van der Waals surface area contributed by atoms with E-state index < -0.39 is 61.9 Å². The minimum atomic E-state index is -4.45. The van der Waals surface area contributed by atoms with Crippen molar-refractivity contribution >= 4 is 41.6 Å². The Morgan fingerprint density at radius 2 is 1.86 bits per heavy atom. The number of aliphatic hydroxyl groups is 2. The smallest absolute Gasteiger partial charge is 0.459 e. The van der Waals surface area contributed by atoms with Crippen molar-refractivity contribution in [1.82, 2.24) is 24.6 Å². The van der Waals surface area contributed by atoms with Gasteiger partial charge in [0.25, 0.3) is 5.56 Å². The van der Waals surface area contributed by atoms with E-state index in [0.717, 1.165) is 16.3 Å². The van der Waals surface area contributed by atoms with Crippen molar-refractivity contribution in [3.63, 3.8) is 0 Å². The number of imidazole rings is 1. The second-order valence-corrected chi connectivity index (χ2v) is 14.0. The average molecular weight is 693 g/mol. The number of nitrogens with zero attached hydrogens (tertiary/aromatic N) is 3. The zero-order chi connectivity index (χ0) is 34.9. The highest BCUT2D eigenvalue weighted by molar-refractivity contribution is 7.52. The van der Waals surface area contributed by atoms with Crippen molar-refractivity contribution in [2.45, 2.75) is 57.5 Å². The van der Waals surface area contributed by atoms with Gasteiger partial charge in [0.15, 0.2) is 17.4 Å². The van der Waals surface area contributed by atoms with Gasteiger partial charge in [-0.3, -0.25) is 23.7 Å². The maximum absolute atomic E-state index is 14.6. The molecule has 6 atom stereocenters. The van der Waals surface area contributed by atoms with Crippen molar-refractivity contribution in [2.75, 3.05) is 12.3 Å². The number of nitrogens with two attached hydrogens (primary N) is 1. The van der Waals surface area contributed by atoms with E-state index in [1.54, 1.807) is 32.0 Å². The molecule has 15 nitrogen and oxygen atoms in total. The van der Waals surface area contributed by atoms with Crippen LogP contribution in [0, 0.1) is 5.92 Å². The van der Waals surface area contributed by atoms with Crippen molar-refractivity contribution in [2.24, 2.45) is 5.92 Å². The number of anilines is 1.